The summed E-state index contributed by atoms with van der Waals surface area (Å²) in [5.74, 6) is 0.640. The molecule has 0 atom stereocenters. The fourth-order valence-electron chi connectivity index (χ4n) is 2.79. The Kier molecular flexibility index (Phi) is 4.48. The van der Waals surface area contributed by atoms with E-state index in [9.17, 15) is 0 Å². The Morgan fingerprint density at radius 1 is 1.12 bits per heavy atom. The maximum absolute atomic E-state index is 5.41. The first-order chi connectivity index (χ1) is 12.3. The van der Waals surface area contributed by atoms with Crippen molar-refractivity contribution in [3.63, 3.8) is 0 Å². The van der Waals surface area contributed by atoms with Gasteiger partial charge >= 0.3 is 0 Å². The Balaban J connectivity index is 1.59. The summed E-state index contributed by atoms with van der Waals surface area (Å²) >= 11 is 0. The summed E-state index contributed by atoms with van der Waals surface area (Å²) in [6.45, 7) is 6.79. The zero-order chi connectivity index (χ0) is 17.1. The van der Waals surface area contributed by atoms with Gasteiger partial charge in [-0.3, -0.25) is 9.58 Å². The van der Waals surface area contributed by atoms with Gasteiger partial charge in [0.2, 0.25) is 0 Å². The van der Waals surface area contributed by atoms with Gasteiger partial charge in [-0.15, -0.1) is 15.3 Å². The number of aryl methyl sites for hydroxylation is 1. The molecule has 3 aromatic heterocycles. The Morgan fingerprint density at radius 3 is 2.72 bits per heavy atom. The van der Waals surface area contributed by atoms with E-state index in [0.29, 0.717) is 19.0 Å². The molecule has 0 saturated carbocycles. The Hall–Kier alpha value is -2.66. The number of hydrogen-bond acceptors (Lipinski definition) is 8. The molecule has 4 heterocycles. The van der Waals surface area contributed by atoms with Gasteiger partial charge in [-0.1, -0.05) is 5.21 Å². The molecule has 0 amide bonds. The monoisotopic (exact) mass is 344 g/mol. The lowest BCUT2D eigenvalue weighted by atomic mass is 10.2. The molecule has 0 aliphatic carbocycles. The molecule has 132 valence electrons. The van der Waals surface area contributed by atoms with E-state index in [1.807, 2.05) is 23.9 Å². The normalized spacial score (nSPS) is 15.7. The molecule has 25 heavy (non-hydrogen) atoms. The van der Waals surface area contributed by atoms with Crippen LogP contribution in [-0.2, 0) is 24.5 Å². The molecule has 1 fully saturated rings. The van der Waals surface area contributed by atoms with Crippen molar-refractivity contribution in [1.29, 1.82) is 0 Å². The van der Waals surface area contributed by atoms with E-state index in [4.69, 9.17) is 4.74 Å². The molecular formula is C14H20N10O. The average Bonchev–Trinajstić information content (AvgIpc) is 3.35. The molecule has 0 bridgehead atoms. The van der Waals surface area contributed by atoms with Gasteiger partial charge in [0.15, 0.2) is 5.82 Å². The third kappa shape index (κ3) is 3.72. The van der Waals surface area contributed by atoms with Crippen molar-refractivity contribution in [3.8, 4) is 0 Å². The van der Waals surface area contributed by atoms with Crippen molar-refractivity contribution in [1.82, 2.24) is 49.9 Å². The minimum Gasteiger partial charge on any atom is -0.379 e. The molecule has 0 aromatic carbocycles. The van der Waals surface area contributed by atoms with Crippen molar-refractivity contribution in [3.05, 3.63) is 35.7 Å². The molecule has 0 unspecified atom stereocenters. The fraction of sp³-hybridized carbons (Fsp3) is 0.571. The van der Waals surface area contributed by atoms with Gasteiger partial charge in [0.1, 0.15) is 18.9 Å². The predicted molar refractivity (Wildman–Crippen MR) is 85.4 cm³/mol. The third-order valence-corrected chi connectivity index (χ3v) is 4.08. The predicted octanol–water partition coefficient (Wildman–Crippen LogP) is -0.844. The molecule has 4 rings (SSSR count). The van der Waals surface area contributed by atoms with E-state index < -0.39 is 0 Å². The molecule has 11 heteroatoms. The van der Waals surface area contributed by atoms with E-state index in [1.165, 1.54) is 0 Å². The molecule has 1 aliphatic rings. The van der Waals surface area contributed by atoms with Crippen LogP contribution in [0.2, 0.25) is 0 Å². The van der Waals surface area contributed by atoms with E-state index >= 15 is 0 Å². The maximum atomic E-state index is 5.41. The Morgan fingerprint density at radius 2 is 2.00 bits per heavy atom. The van der Waals surface area contributed by atoms with Crippen LogP contribution in [0.25, 0.3) is 0 Å². The van der Waals surface area contributed by atoms with E-state index in [-0.39, 0.29) is 0 Å². The Labute approximate surface area is 144 Å². The van der Waals surface area contributed by atoms with Gasteiger partial charge in [0.25, 0.3) is 0 Å². The summed E-state index contributed by atoms with van der Waals surface area (Å²) in [5.41, 5.74) is 1.88. The second kappa shape index (κ2) is 7.07. The van der Waals surface area contributed by atoms with Gasteiger partial charge < -0.3 is 4.74 Å². The Bertz CT molecular complexity index is 802. The topological polar surface area (TPSA) is 105 Å². The van der Waals surface area contributed by atoms with E-state index in [1.54, 1.807) is 15.7 Å². The lowest BCUT2D eigenvalue weighted by Gasteiger charge is -2.25. The minimum atomic E-state index is 0.467. The summed E-state index contributed by atoms with van der Waals surface area (Å²) in [4.78, 5) is 3.88. The van der Waals surface area contributed by atoms with Gasteiger partial charge in [-0.2, -0.15) is 9.90 Å². The van der Waals surface area contributed by atoms with E-state index in [2.05, 4.69) is 35.7 Å². The number of nitrogens with zero attached hydrogens (tertiary/aromatic N) is 10. The molecule has 11 nitrogen and oxygen atoms in total. The van der Waals surface area contributed by atoms with Crippen LogP contribution in [0, 0.1) is 6.92 Å². The highest BCUT2D eigenvalue weighted by Crippen LogP contribution is 2.12. The number of ether oxygens (including phenoxy) is 1. The summed E-state index contributed by atoms with van der Waals surface area (Å²) < 4.78 is 9.05. The van der Waals surface area contributed by atoms with Crippen molar-refractivity contribution in [2.45, 2.75) is 26.7 Å². The van der Waals surface area contributed by atoms with Crippen LogP contribution in [0.1, 0.15) is 17.2 Å². The highest BCUT2D eigenvalue weighted by atomic mass is 16.5. The second-order valence-corrected chi connectivity index (χ2v) is 5.92. The molecule has 1 aliphatic heterocycles. The average molecular weight is 344 g/mol. The maximum Gasteiger partial charge on any atom is 0.171 e. The number of morpholine rings is 1. The van der Waals surface area contributed by atoms with Crippen molar-refractivity contribution in [2.75, 3.05) is 26.3 Å². The first kappa shape index (κ1) is 15.8. The van der Waals surface area contributed by atoms with Crippen molar-refractivity contribution < 1.29 is 4.74 Å². The first-order valence-corrected chi connectivity index (χ1v) is 8.21. The third-order valence-electron chi connectivity index (χ3n) is 4.08. The van der Waals surface area contributed by atoms with Crippen LogP contribution >= 0.6 is 0 Å². The number of aromatic nitrogens is 9. The molecule has 0 spiro atoms. The van der Waals surface area contributed by atoms with Gasteiger partial charge in [-0.05, 0) is 18.2 Å². The lowest BCUT2D eigenvalue weighted by Crippen LogP contribution is -2.36. The molecule has 0 N–H and O–H groups in total. The quantitative estimate of drug-likeness (QED) is 0.570. The van der Waals surface area contributed by atoms with Crippen LogP contribution in [-0.4, -0.2) is 76.2 Å². The molecule has 0 radical (unpaired) electrons. The van der Waals surface area contributed by atoms with Crippen LogP contribution in [0.3, 0.4) is 0 Å². The molecular weight excluding hydrogens is 324 g/mol. The summed E-state index contributed by atoms with van der Waals surface area (Å²) in [5, 5.41) is 25.2. The van der Waals surface area contributed by atoms with Gasteiger partial charge in [0, 0.05) is 32.0 Å². The standard InChI is InChI=1S/C14H20N10O/c1-12-16-20-24(18-12)10-14-13(9-21-5-7-25-8-6-21)17-19-23(14)11-22-4-2-3-15-22/h2-4H,5-11H2,1H3. The highest BCUT2D eigenvalue weighted by Gasteiger charge is 2.19. The van der Waals surface area contributed by atoms with Crippen molar-refractivity contribution in [2.24, 2.45) is 0 Å². The van der Waals surface area contributed by atoms with Gasteiger partial charge in [0.05, 0.1) is 18.9 Å². The van der Waals surface area contributed by atoms with Crippen LogP contribution < -0.4 is 0 Å². The largest absolute Gasteiger partial charge is 0.379 e. The summed E-state index contributed by atoms with van der Waals surface area (Å²) in [7, 11) is 0. The number of rotatable bonds is 6. The summed E-state index contributed by atoms with van der Waals surface area (Å²) in [6, 6.07) is 1.88. The number of hydrogen-bond donors (Lipinski definition) is 0. The highest BCUT2D eigenvalue weighted by molar-refractivity contribution is 5.10. The zero-order valence-corrected chi connectivity index (χ0v) is 14.1. The molecule has 3 aromatic rings. The van der Waals surface area contributed by atoms with Crippen LogP contribution in [0.15, 0.2) is 18.5 Å². The second-order valence-electron chi connectivity index (χ2n) is 5.92. The number of tetrazole rings is 1. The molecule has 1 saturated heterocycles. The van der Waals surface area contributed by atoms with Crippen molar-refractivity contribution >= 4 is 0 Å². The van der Waals surface area contributed by atoms with E-state index in [0.717, 1.165) is 44.2 Å². The van der Waals surface area contributed by atoms with Crippen LogP contribution in [0.5, 0.6) is 0 Å². The smallest absolute Gasteiger partial charge is 0.171 e. The van der Waals surface area contributed by atoms with Gasteiger partial charge in [-0.25, -0.2) is 4.68 Å². The lowest BCUT2D eigenvalue weighted by molar-refractivity contribution is 0.0335. The first-order valence-electron chi connectivity index (χ1n) is 8.21. The fourth-order valence-corrected chi connectivity index (χ4v) is 2.79. The minimum absolute atomic E-state index is 0.467. The zero-order valence-electron chi connectivity index (χ0n) is 14.1. The van der Waals surface area contributed by atoms with Crippen LogP contribution in [0.4, 0.5) is 0 Å². The SMILES string of the molecule is Cc1nnn(Cc2c(CN3CCOCC3)nnn2Cn2cccn2)n1. The summed E-state index contributed by atoms with van der Waals surface area (Å²) in [6.07, 6.45) is 3.64.